The van der Waals surface area contributed by atoms with Gasteiger partial charge in [-0.05, 0) is 9.91 Å². The van der Waals surface area contributed by atoms with Crippen LogP contribution in [0.2, 0.25) is 0 Å². The molecule has 1 aromatic rings. The second-order valence-electron chi connectivity index (χ2n) is 2.69. The van der Waals surface area contributed by atoms with E-state index < -0.39 is 40.1 Å². The van der Waals surface area contributed by atoms with Crippen LogP contribution in [0.25, 0.3) is 0 Å². The molecule has 0 saturated carbocycles. The lowest BCUT2D eigenvalue weighted by molar-refractivity contribution is -0.390. The van der Waals surface area contributed by atoms with Crippen molar-refractivity contribution in [2.75, 3.05) is 0 Å². The van der Waals surface area contributed by atoms with Crippen LogP contribution in [0, 0.1) is 10.1 Å². The number of carbonyl (C=O) groups excluding carboxylic acids is 1. The predicted molar refractivity (Wildman–Crippen MR) is 46.0 cm³/mol. The number of carbonyl (C=O) groups is 1. The zero-order chi connectivity index (χ0) is 12.5. The fourth-order valence-corrected chi connectivity index (χ4v) is 0.988. The Bertz CT molecular complexity index is 463. The quantitative estimate of drug-likeness (QED) is 0.589. The number of hydrogen-bond donors (Lipinski definition) is 2. The Morgan fingerprint density at radius 2 is 2.19 bits per heavy atom. The third-order valence-electron chi connectivity index (χ3n) is 1.66. The average Bonchev–Trinajstić information content (AvgIpc) is 2.15. The Hall–Kier alpha value is -2.32. The van der Waals surface area contributed by atoms with Gasteiger partial charge in [0.1, 0.15) is 5.56 Å². The number of nitrogens with zero attached hydrogens (tertiary/aromatic N) is 2. The van der Waals surface area contributed by atoms with E-state index in [1.54, 1.807) is 0 Å². The summed E-state index contributed by atoms with van der Waals surface area (Å²) in [5.41, 5.74) is 2.87. The summed E-state index contributed by atoms with van der Waals surface area (Å²) in [5, 5.41) is 19.5. The van der Waals surface area contributed by atoms with Crippen LogP contribution >= 0.6 is 0 Å². The highest BCUT2D eigenvalue weighted by molar-refractivity contribution is 5.96. The first-order chi connectivity index (χ1) is 7.34. The van der Waals surface area contributed by atoms with Gasteiger partial charge in [0.05, 0.1) is 0 Å². The predicted octanol–water partition coefficient (Wildman–Crippen LogP) is 0.732. The van der Waals surface area contributed by atoms with Crippen molar-refractivity contribution in [2.24, 2.45) is 5.73 Å². The first-order valence-corrected chi connectivity index (χ1v) is 3.80. The summed E-state index contributed by atoms with van der Waals surface area (Å²) in [6.07, 6.45) is -3.19. The molecule has 0 atom stereocenters. The van der Waals surface area contributed by atoms with Crippen LogP contribution in [0.1, 0.15) is 22.5 Å². The molecule has 1 rings (SSSR count). The molecule has 0 aliphatic heterocycles. The minimum Gasteiger partial charge on any atom is -0.504 e. The Morgan fingerprint density at radius 1 is 1.62 bits per heavy atom. The number of pyridine rings is 1. The highest BCUT2D eigenvalue weighted by atomic mass is 19.3. The number of hydrogen-bond acceptors (Lipinski definition) is 5. The highest BCUT2D eigenvalue weighted by Crippen LogP contribution is 2.30. The second kappa shape index (κ2) is 4.04. The van der Waals surface area contributed by atoms with Gasteiger partial charge in [-0.1, -0.05) is 0 Å². The molecule has 1 amide bonds. The number of primary amides is 1. The fraction of sp³-hybridized carbons (Fsp3) is 0.143. The molecule has 0 fully saturated rings. The Kier molecular flexibility index (Phi) is 2.97. The largest absolute Gasteiger partial charge is 0.504 e. The van der Waals surface area contributed by atoms with E-state index in [1.807, 2.05) is 0 Å². The summed E-state index contributed by atoms with van der Waals surface area (Å²) in [4.78, 5) is 22.9. The molecule has 86 valence electrons. The van der Waals surface area contributed by atoms with Crippen LogP contribution in [0.3, 0.4) is 0 Å². The molecule has 0 radical (unpaired) electrons. The maximum atomic E-state index is 12.2. The number of aromatic hydroxyl groups is 1. The monoisotopic (exact) mass is 233 g/mol. The maximum Gasteiger partial charge on any atom is 0.377 e. The molecule has 3 N–H and O–H groups in total. The molecular formula is C7H5F2N3O4. The summed E-state index contributed by atoms with van der Waals surface area (Å²) in [6.45, 7) is 0. The Balaban J connectivity index is 3.49. The van der Waals surface area contributed by atoms with E-state index in [9.17, 15) is 23.7 Å². The van der Waals surface area contributed by atoms with E-state index in [0.29, 0.717) is 6.07 Å². The number of halogens is 2. The SMILES string of the molecule is NC(=O)c1cc(O)c(C(F)F)nc1[N+](=O)[O-]. The molecule has 1 heterocycles. The van der Waals surface area contributed by atoms with Crippen molar-refractivity contribution in [3.63, 3.8) is 0 Å². The zero-order valence-electron chi connectivity index (χ0n) is 7.55. The molecular weight excluding hydrogens is 228 g/mol. The summed E-state index contributed by atoms with van der Waals surface area (Å²) in [5.74, 6) is -3.37. The zero-order valence-corrected chi connectivity index (χ0v) is 7.55. The third kappa shape index (κ3) is 2.02. The molecule has 0 unspecified atom stereocenters. The molecule has 7 nitrogen and oxygen atoms in total. The minimum atomic E-state index is -3.19. The van der Waals surface area contributed by atoms with Gasteiger partial charge in [-0.3, -0.25) is 4.79 Å². The van der Waals surface area contributed by atoms with E-state index in [1.165, 1.54) is 0 Å². The lowest BCUT2D eigenvalue weighted by Gasteiger charge is -2.02. The topological polar surface area (TPSA) is 119 Å². The number of aromatic nitrogens is 1. The van der Waals surface area contributed by atoms with Gasteiger partial charge in [0, 0.05) is 6.07 Å². The van der Waals surface area contributed by atoms with Crippen molar-refractivity contribution in [1.82, 2.24) is 4.98 Å². The number of rotatable bonds is 3. The average molecular weight is 233 g/mol. The number of amides is 1. The van der Waals surface area contributed by atoms with Gasteiger partial charge in [-0.25, -0.2) is 8.78 Å². The van der Waals surface area contributed by atoms with Gasteiger partial charge >= 0.3 is 12.2 Å². The van der Waals surface area contributed by atoms with Crippen molar-refractivity contribution in [2.45, 2.75) is 6.43 Å². The second-order valence-corrected chi connectivity index (χ2v) is 2.69. The molecule has 1 aromatic heterocycles. The molecule has 0 aliphatic carbocycles. The lowest BCUT2D eigenvalue weighted by atomic mass is 10.2. The van der Waals surface area contributed by atoms with Crippen LogP contribution in [-0.4, -0.2) is 20.9 Å². The molecule has 0 aliphatic rings. The first kappa shape index (κ1) is 11.8. The van der Waals surface area contributed by atoms with Crippen molar-refractivity contribution in [1.29, 1.82) is 0 Å². The summed E-state index contributed by atoms with van der Waals surface area (Å²) < 4.78 is 24.5. The summed E-state index contributed by atoms with van der Waals surface area (Å²) in [6, 6.07) is 0.495. The molecule has 0 spiro atoms. The maximum absolute atomic E-state index is 12.2. The number of alkyl halides is 2. The van der Waals surface area contributed by atoms with E-state index in [2.05, 4.69) is 4.98 Å². The molecule has 9 heteroatoms. The summed E-state index contributed by atoms with van der Waals surface area (Å²) in [7, 11) is 0. The van der Waals surface area contributed by atoms with Gasteiger partial charge < -0.3 is 21.0 Å². The first-order valence-electron chi connectivity index (χ1n) is 3.80. The van der Waals surface area contributed by atoms with E-state index >= 15 is 0 Å². The van der Waals surface area contributed by atoms with Crippen molar-refractivity contribution >= 4 is 11.7 Å². The van der Waals surface area contributed by atoms with Crippen LogP contribution < -0.4 is 5.73 Å². The van der Waals surface area contributed by atoms with Gasteiger partial charge in [-0.15, -0.1) is 0 Å². The van der Waals surface area contributed by atoms with E-state index in [0.717, 1.165) is 0 Å². The van der Waals surface area contributed by atoms with Crippen molar-refractivity contribution < 1.29 is 23.6 Å². The molecule has 0 bridgehead atoms. The van der Waals surface area contributed by atoms with E-state index in [4.69, 9.17) is 10.8 Å². The lowest BCUT2D eigenvalue weighted by Crippen LogP contribution is -2.15. The number of nitro groups is 1. The minimum absolute atomic E-state index is 0.495. The highest BCUT2D eigenvalue weighted by Gasteiger charge is 2.29. The standard InChI is InChI=1S/C7H5F2N3O4/c8-5(9)4-3(13)1-2(6(10)14)7(11-4)12(15)16/h1,5,13H,(H2,10,14). The smallest absolute Gasteiger partial charge is 0.377 e. The van der Waals surface area contributed by atoms with E-state index in [-0.39, 0.29) is 0 Å². The number of nitrogens with two attached hydrogens (primary N) is 1. The van der Waals surface area contributed by atoms with Gasteiger partial charge in [0.2, 0.25) is 0 Å². The van der Waals surface area contributed by atoms with Crippen LogP contribution in [-0.2, 0) is 0 Å². The molecule has 0 aromatic carbocycles. The fourth-order valence-electron chi connectivity index (χ4n) is 0.988. The van der Waals surface area contributed by atoms with Crippen molar-refractivity contribution in [3.05, 3.63) is 27.4 Å². The van der Waals surface area contributed by atoms with Gasteiger partial charge in [0.25, 0.3) is 11.6 Å². The van der Waals surface area contributed by atoms with Crippen LogP contribution in [0.5, 0.6) is 5.75 Å². The van der Waals surface area contributed by atoms with Gasteiger partial charge in [-0.2, -0.15) is 0 Å². The Labute approximate surface area is 86.7 Å². The van der Waals surface area contributed by atoms with Crippen molar-refractivity contribution in [3.8, 4) is 5.75 Å². The van der Waals surface area contributed by atoms with Gasteiger partial charge in [0.15, 0.2) is 5.75 Å². The van der Waals surface area contributed by atoms with Crippen LogP contribution in [0.4, 0.5) is 14.6 Å². The summed E-state index contributed by atoms with van der Waals surface area (Å²) >= 11 is 0. The third-order valence-corrected chi connectivity index (χ3v) is 1.66. The molecule has 0 saturated heterocycles. The normalized spacial score (nSPS) is 10.4. The van der Waals surface area contributed by atoms with Crippen LogP contribution in [0.15, 0.2) is 6.07 Å². The molecule has 16 heavy (non-hydrogen) atoms. The Morgan fingerprint density at radius 3 is 2.56 bits per heavy atom.